The fourth-order valence-electron chi connectivity index (χ4n) is 10.8. The molecule has 0 aliphatic rings. The van der Waals surface area contributed by atoms with Crippen molar-refractivity contribution in [2.75, 3.05) is 40.9 Å². The Bertz CT molecular complexity index is 1460. The van der Waals surface area contributed by atoms with Gasteiger partial charge in [-0.1, -0.05) is 339 Å². The molecule has 0 fully saturated rings. The van der Waals surface area contributed by atoms with Gasteiger partial charge in [0.05, 0.1) is 39.9 Å². The van der Waals surface area contributed by atoms with E-state index in [0.29, 0.717) is 17.4 Å². The van der Waals surface area contributed by atoms with Gasteiger partial charge in [0.25, 0.3) is 0 Å². The van der Waals surface area contributed by atoms with Gasteiger partial charge in [-0.25, -0.2) is 4.57 Å². The van der Waals surface area contributed by atoms with Crippen molar-refractivity contribution in [3.8, 4) is 0 Å². The Morgan fingerprint density at radius 3 is 1.02 bits per heavy atom. The highest BCUT2D eigenvalue weighted by Gasteiger charge is 2.28. The van der Waals surface area contributed by atoms with E-state index in [1.54, 1.807) is 6.08 Å². The van der Waals surface area contributed by atoms with Crippen molar-refractivity contribution in [1.29, 1.82) is 0 Å². The molecule has 0 aromatic rings. The minimum absolute atomic E-state index is 0.0612. The summed E-state index contributed by atoms with van der Waals surface area (Å²) in [6, 6.07) is -0.851. The van der Waals surface area contributed by atoms with Crippen molar-refractivity contribution >= 4 is 13.7 Å². The molecule has 3 atom stereocenters. The van der Waals surface area contributed by atoms with Crippen LogP contribution in [0.4, 0.5) is 0 Å². The first-order valence-corrected chi connectivity index (χ1v) is 37.0. The van der Waals surface area contributed by atoms with E-state index in [1.807, 2.05) is 27.2 Å². The van der Waals surface area contributed by atoms with Gasteiger partial charge < -0.3 is 19.8 Å². The number of amides is 1. The predicted octanol–water partition coefficient (Wildman–Crippen LogP) is 22.6. The Morgan fingerprint density at radius 2 is 0.704 bits per heavy atom. The van der Waals surface area contributed by atoms with Gasteiger partial charge in [0.2, 0.25) is 5.91 Å². The second-order valence-corrected chi connectivity index (χ2v) is 27.1. The summed E-state index contributed by atoms with van der Waals surface area (Å²) in [5, 5.41) is 14.0. The average molecular weight is 1160 g/mol. The monoisotopic (exact) mass is 1160 g/mol. The number of allylic oxidation sites excluding steroid dienone is 7. The first-order chi connectivity index (χ1) is 39.5. The number of likely N-dealkylation sites (N-methyl/N-ethyl adjacent to an activating group) is 1. The first-order valence-electron chi connectivity index (χ1n) is 35.5. The third-order valence-corrected chi connectivity index (χ3v) is 17.3. The number of nitrogens with zero attached hydrogens (tertiary/aromatic N) is 1. The van der Waals surface area contributed by atoms with E-state index < -0.39 is 20.0 Å². The topological polar surface area (TPSA) is 105 Å². The standard InChI is InChI=1S/C72H139N2O6P/c1-6-8-10-12-14-16-18-20-22-24-26-28-30-32-34-35-36-37-38-40-41-43-45-47-49-51-53-55-57-59-61-63-65-71(75)70(69-80-81(77,78)79-68-67-74(3,4)5)73-72(76)66-64-62-60-58-56-54-52-50-48-46-44-42-39-33-31-29-27-25-23-21-19-17-15-13-11-9-7-2/h19,21,25,27,31,33,63,65,70-71,75H,6-18,20,22-24,26,28-30,32,34-62,64,66-69H2,1-5H3,(H-,73,76,77,78)/p+1/b21-19-,27-25-,33-31-,65-63+. The quantitative estimate of drug-likeness (QED) is 0.0243. The number of aliphatic hydroxyl groups is 1. The zero-order valence-corrected chi connectivity index (χ0v) is 55.7. The summed E-state index contributed by atoms with van der Waals surface area (Å²) in [6.45, 7) is 4.85. The lowest BCUT2D eigenvalue weighted by Crippen LogP contribution is -2.45. The number of aliphatic hydroxyl groups excluding tert-OH is 1. The third kappa shape index (κ3) is 65.9. The van der Waals surface area contributed by atoms with Crippen LogP contribution < -0.4 is 5.32 Å². The number of phosphoric ester groups is 1. The Labute approximate surface area is 505 Å². The maximum absolute atomic E-state index is 13.1. The normalized spacial score (nSPS) is 13.9. The van der Waals surface area contributed by atoms with Crippen LogP contribution >= 0.6 is 7.82 Å². The molecule has 3 N–H and O–H groups in total. The van der Waals surface area contributed by atoms with Gasteiger partial charge in [-0.15, -0.1) is 0 Å². The van der Waals surface area contributed by atoms with Crippen molar-refractivity contribution in [3.63, 3.8) is 0 Å². The summed E-state index contributed by atoms with van der Waals surface area (Å²) in [5.41, 5.74) is 0. The molecule has 9 heteroatoms. The SMILES string of the molecule is CCCCCCC/C=C\C/C=C\C/C=C\CCCCCCCCCCCCCCC(=O)NC(COP(=O)(O)OCC[N+](C)(C)C)C(O)/C=C/CCCCCCCCCCCCCCCCCCCCCCCCCCCCCCCC. The largest absolute Gasteiger partial charge is 0.472 e. The smallest absolute Gasteiger partial charge is 0.387 e. The zero-order chi connectivity index (χ0) is 59.1. The molecule has 3 unspecified atom stereocenters. The molecule has 0 aromatic heterocycles. The Morgan fingerprint density at radius 1 is 0.420 bits per heavy atom. The third-order valence-electron chi connectivity index (χ3n) is 16.3. The number of quaternary nitrogens is 1. The van der Waals surface area contributed by atoms with Crippen molar-refractivity contribution in [1.82, 2.24) is 5.32 Å². The Kier molecular flexibility index (Phi) is 61.8. The highest BCUT2D eigenvalue weighted by Crippen LogP contribution is 2.43. The van der Waals surface area contributed by atoms with Crippen LogP contribution in [0.15, 0.2) is 48.6 Å². The average Bonchev–Trinajstić information content (AvgIpc) is 3.43. The molecule has 0 saturated carbocycles. The van der Waals surface area contributed by atoms with Crippen LogP contribution in [0.2, 0.25) is 0 Å². The van der Waals surface area contributed by atoms with Gasteiger partial charge in [0.15, 0.2) is 0 Å². The summed E-state index contributed by atoms with van der Waals surface area (Å²) >= 11 is 0. The predicted molar refractivity (Wildman–Crippen MR) is 355 cm³/mol. The fraction of sp³-hybridized carbons (Fsp3) is 0.875. The molecule has 8 nitrogen and oxygen atoms in total. The minimum Gasteiger partial charge on any atom is -0.387 e. The molecule has 0 heterocycles. The van der Waals surface area contributed by atoms with Crippen molar-refractivity contribution in [2.24, 2.45) is 0 Å². The lowest BCUT2D eigenvalue weighted by atomic mass is 10.0. The number of carbonyl (C=O) groups excluding carboxylic acids is 1. The van der Waals surface area contributed by atoms with E-state index in [4.69, 9.17) is 9.05 Å². The van der Waals surface area contributed by atoms with Gasteiger partial charge in [0.1, 0.15) is 13.2 Å². The molecule has 0 saturated heterocycles. The van der Waals surface area contributed by atoms with Crippen molar-refractivity contribution < 1.29 is 32.9 Å². The van der Waals surface area contributed by atoms with Crippen LogP contribution in [0.5, 0.6) is 0 Å². The van der Waals surface area contributed by atoms with Gasteiger partial charge in [-0.2, -0.15) is 0 Å². The second-order valence-electron chi connectivity index (χ2n) is 25.6. The highest BCUT2D eigenvalue weighted by atomic mass is 31.2. The number of hydrogen-bond acceptors (Lipinski definition) is 5. The zero-order valence-electron chi connectivity index (χ0n) is 54.8. The molecule has 0 rings (SSSR count). The van der Waals surface area contributed by atoms with Crippen LogP contribution in [0.3, 0.4) is 0 Å². The lowest BCUT2D eigenvalue weighted by molar-refractivity contribution is -0.870. The van der Waals surface area contributed by atoms with E-state index in [1.165, 1.54) is 283 Å². The molecular weight excluding hydrogens is 1020 g/mol. The molecular formula is C72H140N2O6P+. The Balaban J connectivity index is 4.06. The molecule has 0 spiro atoms. The van der Waals surface area contributed by atoms with E-state index in [9.17, 15) is 19.4 Å². The number of phosphoric acid groups is 1. The number of rotatable bonds is 66. The molecule has 0 aromatic carbocycles. The van der Waals surface area contributed by atoms with Crippen molar-refractivity contribution in [2.45, 2.75) is 366 Å². The minimum atomic E-state index is -4.36. The summed E-state index contributed by atoms with van der Waals surface area (Å²) in [7, 11) is 1.58. The number of carbonyl (C=O) groups is 1. The van der Waals surface area contributed by atoms with Gasteiger partial charge in [-0.05, 0) is 57.8 Å². The number of unbranched alkanes of at least 4 members (excludes halogenated alkanes) is 47. The maximum atomic E-state index is 13.1. The molecule has 0 bridgehead atoms. The van der Waals surface area contributed by atoms with Gasteiger partial charge in [0, 0.05) is 6.42 Å². The molecule has 0 aliphatic carbocycles. The van der Waals surface area contributed by atoms with E-state index in [2.05, 4.69) is 55.6 Å². The second kappa shape index (κ2) is 63.0. The van der Waals surface area contributed by atoms with Gasteiger partial charge in [-0.3, -0.25) is 13.8 Å². The first kappa shape index (κ1) is 79.5. The number of hydrogen-bond donors (Lipinski definition) is 3. The summed E-state index contributed by atoms with van der Waals surface area (Å²) in [4.78, 5) is 23.4. The molecule has 478 valence electrons. The van der Waals surface area contributed by atoms with Gasteiger partial charge >= 0.3 is 7.82 Å². The van der Waals surface area contributed by atoms with E-state index >= 15 is 0 Å². The number of nitrogens with one attached hydrogen (secondary N) is 1. The van der Waals surface area contributed by atoms with Crippen LogP contribution in [0.1, 0.15) is 354 Å². The fourth-order valence-corrected chi connectivity index (χ4v) is 11.5. The molecule has 1 amide bonds. The molecule has 0 radical (unpaired) electrons. The van der Waals surface area contributed by atoms with Crippen LogP contribution in [-0.4, -0.2) is 73.4 Å². The molecule has 81 heavy (non-hydrogen) atoms. The van der Waals surface area contributed by atoms with Crippen molar-refractivity contribution in [3.05, 3.63) is 48.6 Å². The highest BCUT2D eigenvalue weighted by molar-refractivity contribution is 7.47. The lowest BCUT2D eigenvalue weighted by Gasteiger charge is -2.25. The summed E-state index contributed by atoms with van der Waals surface area (Å²) in [5.74, 6) is -0.175. The Hall–Kier alpha value is -1.54. The van der Waals surface area contributed by atoms with Crippen LogP contribution in [-0.2, 0) is 18.4 Å². The summed E-state index contributed by atoms with van der Waals surface area (Å²) in [6.07, 6.45) is 85.5. The molecule has 0 aliphatic heterocycles. The summed E-state index contributed by atoms with van der Waals surface area (Å²) < 4.78 is 23.8. The van der Waals surface area contributed by atoms with Crippen LogP contribution in [0.25, 0.3) is 0 Å². The van der Waals surface area contributed by atoms with E-state index in [0.717, 1.165) is 51.4 Å². The van der Waals surface area contributed by atoms with Crippen LogP contribution in [0, 0.1) is 0 Å². The van der Waals surface area contributed by atoms with E-state index in [-0.39, 0.29) is 19.1 Å². The maximum Gasteiger partial charge on any atom is 0.472 e.